The Morgan fingerprint density at radius 3 is 2.71 bits per heavy atom. The number of hydrogen-bond donors (Lipinski definition) is 0. The molecule has 0 amide bonds. The summed E-state index contributed by atoms with van der Waals surface area (Å²) >= 11 is 5.92. The number of nitrogens with zero attached hydrogens (tertiary/aromatic N) is 1. The molecule has 17 heavy (non-hydrogen) atoms. The molecule has 4 heteroatoms. The topological polar surface area (TPSA) is 30.0 Å². The second kappa shape index (κ2) is 4.41. The van der Waals surface area contributed by atoms with Gasteiger partial charge >= 0.3 is 0 Å². The van der Waals surface area contributed by atoms with Crippen molar-refractivity contribution in [2.45, 2.75) is 19.8 Å². The lowest BCUT2D eigenvalue weighted by atomic mass is 9.94. The third-order valence-electron chi connectivity index (χ3n) is 2.69. The van der Waals surface area contributed by atoms with Gasteiger partial charge in [0, 0.05) is 5.39 Å². The molecule has 0 aliphatic heterocycles. The Bertz CT molecular complexity index is 595. The second-order valence-electron chi connectivity index (χ2n) is 4.14. The van der Waals surface area contributed by atoms with E-state index in [1.165, 1.54) is 6.07 Å². The maximum atomic E-state index is 13.6. The van der Waals surface area contributed by atoms with Crippen molar-refractivity contribution < 1.29 is 9.18 Å². The zero-order chi connectivity index (χ0) is 12.6. The minimum absolute atomic E-state index is 0.0568. The molecule has 2 nitrogen and oxygen atoms in total. The number of para-hydroxylation sites is 1. The van der Waals surface area contributed by atoms with Crippen LogP contribution in [0.4, 0.5) is 4.39 Å². The van der Waals surface area contributed by atoms with Crippen LogP contribution in [-0.4, -0.2) is 11.3 Å². The fourth-order valence-electron chi connectivity index (χ4n) is 2.00. The molecule has 0 spiro atoms. The smallest absolute Gasteiger partial charge is 0.153 e. The van der Waals surface area contributed by atoms with E-state index in [-0.39, 0.29) is 16.6 Å². The van der Waals surface area contributed by atoms with Crippen LogP contribution in [0.5, 0.6) is 0 Å². The summed E-state index contributed by atoms with van der Waals surface area (Å²) in [5.74, 6) is -0.358. The zero-order valence-electron chi connectivity index (χ0n) is 9.50. The highest BCUT2D eigenvalue weighted by molar-refractivity contribution is 6.32. The number of aromatic nitrogens is 1. The van der Waals surface area contributed by atoms with Crippen molar-refractivity contribution in [3.05, 3.63) is 40.3 Å². The van der Waals surface area contributed by atoms with E-state index in [2.05, 4.69) is 4.98 Å². The number of benzene rings is 1. The summed E-state index contributed by atoms with van der Waals surface area (Å²) in [5.41, 5.74) is 1.31. The van der Waals surface area contributed by atoms with Crippen LogP contribution in [0, 0.1) is 5.82 Å². The minimum Gasteiger partial charge on any atom is -0.298 e. The van der Waals surface area contributed by atoms with Crippen molar-refractivity contribution in [1.29, 1.82) is 0 Å². The quantitative estimate of drug-likeness (QED) is 0.597. The van der Waals surface area contributed by atoms with Gasteiger partial charge in [0.25, 0.3) is 0 Å². The van der Waals surface area contributed by atoms with Crippen molar-refractivity contribution >= 4 is 28.8 Å². The van der Waals surface area contributed by atoms with Gasteiger partial charge in [0.1, 0.15) is 16.5 Å². The van der Waals surface area contributed by atoms with Crippen molar-refractivity contribution in [3.8, 4) is 0 Å². The summed E-state index contributed by atoms with van der Waals surface area (Å²) in [6.07, 6.45) is 0.676. The van der Waals surface area contributed by atoms with Crippen LogP contribution < -0.4 is 0 Å². The highest BCUT2D eigenvalue weighted by Gasteiger charge is 2.17. The summed E-state index contributed by atoms with van der Waals surface area (Å²) in [7, 11) is 0. The average Bonchev–Trinajstić information content (AvgIpc) is 2.28. The Hall–Kier alpha value is -1.48. The molecule has 0 unspecified atom stereocenters. The first-order valence-corrected chi connectivity index (χ1v) is 5.66. The van der Waals surface area contributed by atoms with Crippen molar-refractivity contribution in [3.63, 3.8) is 0 Å². The van der Waals surface area contributed by atoms with Crippen LogP contribution in [0.25, 0.3) is 10.9 Å². The molecule has 1 heterocycles. The largest absolute Gasteiger partial charge is 0.298 e. The van der Waals surface area contributed by atoms with E-state index in [0.29, 0.717) is 17.2 Å². The normalized spacial score (nSPS) is 11.1. The Morgan fingerprint density at radius 1 is 1.41 bits per heavy atom. The fraction of sp³-hybridized carbons (Fsp3) is 0.231. The van der Waals surface area contributed by atoms with Crippen LogP contribution >= 0.6 is 11.6 Å². The number of aldehydes is 1. The summed E-state index contributed by atoms with van der Waals surface area (Å²) in [6, 6.07) is 4.69. The van der Waals surface area contributed by atoms with Gasteiger partial charge in [0.2, 0.25) is 0 Å². The van der Waals surface area contributed by atoms with Gasteiger partial charge in [-0.1, -0.05) is 37.6 Å². The standard InChI is InChI=1S/C13H11ClFNO/c1-7(2)11-8-4-3-5-10(15)12(8)16-13(14)9(11)6-17/h3-7H,1-2H3. The van der Waals surface area contributed by atoms with Crippen LogP contribution in [-0.2, 0) is 0 Å². The van der Waals surface area contributed by atoms with E-state index in [1.807, 2.05) is 13.8 Å². The predicted molar refractivity (Wildman–Crippen MR) is 66.2 cm³/mol. The third-order valence-corrected chi connectivity index (χ3v) is 2.98. The van der Waals surface area contributed by atoms with Crippen LogP contribution in [0.1, 0.15) is 35.7 Å². The molecule has 0 saturated carbocycles. The number of carbonyl (C=O) groups is 1. The molecule has 0 bridgehead atoms. The lowest BCUT2D eigenvalue weighted by Gasteiger charge is -2.13. The summed E-state index contributed by atoms with van der Waals surface area (Å²) in [4.78, 5) is 15.0. The maximum Gasteiger partial charge on any atom is 0.153 e. The molecule has 1 aromatic carbocycles. The van der Waals surface area contributed by atoms with Gasteiger partial charge in [-0.3, -0.25) is 4.79 Å². The van der Waals surface area contributed by atoms with Gasteiger partial charge in [-0.05, 0) is 17.5 Å². The zero-order valence-corrected chi connectivity index (χ0v) is 10.3. The molecule has 0 fully saturated rings. The molecular weight excluding hydrogens is 241 g/mol. The van der Waals surface area contributed by atoms with E-state index >= 15 is 0 Å². The Labute approximate surface area is 103 Å². The lowest BCUT2D eigenvalue weighted by Crippen LogP contribution is -2.01. The van der Waals surface area contributed by atoms with Crippen molar-refractivity contribution in [1.82, 2.24) is 4.98 Å². The fourth-order valence-corrected chi connectivity index (χ4v) is 2.23. The average molecular weight is 252 g/mol. The maximum absolute atomic E-state index is 13.6. The second-order valence-corrected chi connectivity index (χ2v) is 4.50. The summed E-state index contributed by atoms with van der Waals surface area (Å²) in [6.45, 7) is 3.87. The van der Waals surface area contributed by atoms with E-state index in [1.54, 1.807) is 12.1 Å². The highest BCUT2D eigenvalue weighted by Crippen LogP contribution is 2.31. The number of carbonyl (C=O) groups excluding carboxylic acids is 1. The highest BCUT2D eigenvalue weighted by atomic mass is 35.5. The first kappa shape index (κ1) is 12.0. The van der Waals surface area contributed by atoms with Crippen molar-refractivity contribution in [2.24, 2.45) is 0 Å². The lowest BCUT2D eigenvalue weighted by molar-refractivity contribution is 0.112. The molecule has 2 aromatic rings. The molecule has 0 radical (unpaired) electrons. The first-order valence-electron chi connectivity index (χ1n) is 5.29. The molecule has 0 aliphatic rings. The number of pyridine rings is 1. The predicted octanol–water partition coefficient (Wildman–Crippen LogP) is 3.96. The molecule has 2 rings (SSSR count). The molecule has 0 N–H and O–H groups in total. The van der Waals surface area contributed by atoms with Gasteiger partial charge < -0.3 is 0 Å². The van der Waals surface area contributed by atoms with Crippen molar-refractivity contribution in [2.75, 3.05) is 0 Å². The Kier molecular flexibility index (Phi) is 3.11. The summed E-state index contributed by atoms with van der Waals surface area (Å²) < 4.78 is 13.6. The molecule has 0 aliphatic carbocycles. The monoisotopic (exact) mass is 251 g/mol. The summed E-state index contributed by atoms with van der Waals surface area (Å²) in [5, 5.41) is 0.702. The van der Waals surface area contributed by atoms with Crippen LogP contribution in [0.2, 0.25) is 5.15 Å². The third kappa shape index (κ3) is 1.91. The van der Waals surface area contributed by atoms with Crippen LogP contribution in [0.15, 0.2) is 18.2 Å². The van der Waals surface area contributed by atoms with E-state index in [0.717, 1.165) is 5.56 Å². The van der Waals surface area contributed by atoms with Gasteiger partial charge in [0.05, 0.1) is 5.56 Å². The van der Waals surface area contributed by atoms with Crippen LogP contribution in [0.3, 0.4) is 0 Å². The van der Waals surface area contributed by atoms with E-state index < -0.39 is 5.82 Å². The molecule has 1 aromatic heterocycles. The molecule has 88 valence electrons. The van der Waals surface area contributed by atoms with Gasteiger partial charge in [-0.2, -0.15) is 0 Å². The molecular formula is C13H11ClFNO. The SMILES string of the molecule is CC(C)c1c(C=O)c(Cl)nc2c(F)cccc12. The Morgan fingerprint density at radius 2 is 2.12 bits per heavy atom. The molecule has 0 atom stereocenters. The number of fused-ring (bicyclic) bond motifs is 1. The number of hydrogen-bond acceptors (Lipinski definition) is 2. The van der Waals surface area contributed by atoms with E-state index in [4.69, 9.17) is 11.6 Å². The van der Waals surface area contributed by atoms with E-state index in [9.17, 15) is 9.18 Å². The molecule has 0 saturated heterocycles. The van der Waals surface area contributed by atoms with Gasteiger partial charge in [-0.15, -0.1) is 0 Å². The number of halogens is 2. The number of rotatable bonds is 2. The minimum atomic E-state index is -0.427. The van der Waals surface area contributed by atoms with Gasteiger partial charge in [0.15, 0.2) is 6.29 Å². The van der Waals surface area contributed by atoms with Gasteiger partial charge in [-0.25, -0.2) is 9.37 Å². The first-order chi connectivity index (χ1) is 8.06. The Balaban J connectivity index is 2.98.